The van der Waals surface area contributed by atoms with Gasteiger partial charge in [-0.1, -0.05) is 12.0 Å². The molecule has 1 atom stereocenters. The third-order valence-electron chi connectivity index (χ3n) is 5.83. The van der Waals surface area contributed by atoms with Crippen LogP contribution in [0.5, 0.6) is 5.75 Å². The molecule has 2 heterocycles. The third-order valence-corrected chi connectivity index (χ3v) is 7.91. The Morgan fingerprint density at radius 2 is 2.08 bits per heavy atom. The van der Waals surface area contributed by atoms with Gasteiger partial charge in [0.1, 0.15) is 12.4 Å². The Hall–Kier alpha value is -3.94. The first-order chi connectivity index (χ1) is 17.3. The number of fused-ring (bicyclic) bond motifs is 1. The van der Waals surface area contributed by atoms with E-state index in [2.05, 4.69) is 31.0 Å². The van der Waals surface area contributed by atoms with Gasteiger partial charge in [0, 0.05) is 36.0 Å². The summed E-state index contributed by atoms with van der Waals surface area (Å²) in [6.07, 6.45) is 12.3. The van der Waals surface area contributed by atoms with Crippen molar-refractivity contribution >= 4 is 32.6 Å². The van der Waals surface area contributed by atoms with Gasteiger partial charge < -0.3 is 10.1 Å². The number of aromatic nitrogens is 4. The maximum atomic E-state index is 12.3. The number of aryl methyl sites for hydroxylation is 1. The van der Waals surface area contributed by atoms with Crippen LogP contribution in [0.1, 0.15) is 25.3 Å². The maximum Gasteiger partial charge on any atom is 0.227 e. The van der Waals surface area contributed by atoms with Gasteiger partial charge in [0.25, 0.3) is 0 Å². The van der Waals surface area contributed by atoms with Gasteiger partial charge in [-0.25, -0.2) is 23.1 Å². The summed E-state index contributed by atoms with van der Waals surface area (Å²) in [5.41, 5.74) is 3.87. The number of terminal acetylenes is 1. The van der Waals surface area contributed by atoms with Crippen LogP contribution >= 0.6 is 0 Å². The first-order valence-electron chi connectivity index (χ1n) is 11.6. The monoisotopic (exact) mass is 502 g/mol. The Bertz CT molecular complexity index is 1570. The van der Waals surface area contributed by atoms with Gasteiger partial charge in [0.05, 0.1) is 34.3 Å². The first kappa shape index (κ1) is 23.8. The Kier molecular flexibility index (Phi) is 6.35. The Morgan fingerprint density at radius 1 is 1.25 bits per heavy atom. The molecule has 0 aliphatic heterocycles. The lowest BCUT2D eigenvalue weighted by Gasteiger charge is -2.19. The second-order valence-corrected chi connectivity index (χ2v) is 10.9. The molecule has 10 heteroatoms. The predicted octanol–water partition coefficient (Wildman–Crippen LogP) is 3.60. The highest BCUT2D eigenvalue weighted by atomic mass is 32.2. The smallest absolute Gasteiger partial charge is 0.227 e. The van der Waals surface area contributed by atoms with Crippen LogP contribution in [0.25, 0.3) is 22.0 Å². The molecule has 1 saturated carbocycles. The Labute approximate surface area is 210 Å². The molecular formula is C26H26N6O3S. The van der Waals surface area contributed by atoms with Gasteiger partial charge in [0.2, 0.25) is 16.0 Å². The summed E-state index contributed by atoms with van der Waals surface area (Å²) in [5, 5.41) is 8.17. The van der Waals surface area contributed by atoms with Crippen molar-refractivity contribution in [1.82, 2.24) is 24.5 Å². The lowest BCUT2D eigenvalue weighted by molar-refractivity contribution is 0.288. The molecule has 0 saturated heterocycles. The molecule has 1 aliphatic carbocycles. The highest BCUT2D eigenvalue weighted by Crippen LogP contribution is 2.38. The van der Waals surface area contributed by atoms with Crippen molar-refractivity contribution in [3.05, 3.63) is 60.6 Å². The molecule has 0 unspecified atom stereocenters. The maximum absolute atomic E-state index is 12.3. The average molecular weight is 503 g/mol. The molecule has 0 amide bonds. The number of ether oxygens (including phenoxy) is 1. The van der Waals surface area contributed by atoms with Crippen LogP contribution in [0, 0.1) is 12.3 Å². The van der Waals surface area contributed by atoms with E-state index in [0.717, 1.165) is 33.3 Å². The van der Waals surface area contributed by atoms with Crippen LogP contribution in [0.4, 0.5) is 11.6 Å². The first-order valence-corrected chi connectivity index (χ1v) is 13.1. The van der Waals surface area contributed by atoms with Crippen molar-refractivity contribution in [3.8, 4) is 29.2 Å². The van der Waals surface area contributed by atoms with E-state index in [1.165, 1.54) is 0 Å². The van der Waals surface area contributed by atoms with Crippen LogP contribution < -0.4 is 14.8 Å². The highest BCUT2D eigenvalue weighted by molar-refractivity contribution is 7.90. The Morgan fingerprint density at radius 3 is 2.81 bits per heavy atom. The molecule has 0 bridgehead atoms. The molecule has 1 aliphatic rings. The molecule has 2 aromatic carbocycles. The van der Waals surface area contributed by atoms with Crippen molar-refractivity contribution in [2.75, 3.05) is 11.9 Å². The van der Waals surface area contributed by atoms with Gasteiger partial charge in [-0.3, -0.25) is 4.68 Å². The molecule has 4 aromatic rings. The minimum absolute atomic E-state index is 0.173. The quantitative estimate of drug-likeness (QED) is 0.336. The fourth-order valence-electron chi connectivity index (χ4n) is 3.91. The van der Waals surface area contributed by atoms with E-state index in [0.29, 0.717) is 24.5 Å². The van der Waals surface area contributed by atoms with Crippen molar-refractivity contribution in [2.45, 2.75) is 31.1 Å². The molecule has 36 heavy (non-hydrogen) atoms. The third kappa shape index (κ3) is 5.17. The molecule has 9 nitrogen and oxygen atoms in total. The van der Waals surface area contributed by atoms with E-state index >= 15 is 0 Å². The molecule has 2 N–H and O–H groups in total. The number of nitrogens with one attached hydrogen (secondary N) is 2. The van der Waals surface area contributed by atoms with Crippen molar-refractivity contribution in [2.24, 2.45) is 7.05 Å². The van der Waals surface area contributed by atoms with Crippen LogP contribution in [0.3, 0.4) is 0 Å². The van der Waals surface area contributed by atoms with Crippen LogP contribution in [-0.4, -0.2) is 46.1 Å². The summed E-state index contributed by atoms with van der Waals surface area (Å²) >= 11 is 0. The summed E-state index contributed by atoms with van der Waals surface area (Å²) in [6.45, 7) is 1.97. The molecular weight excluding hydrogens is 476 g/mol. The minimum atomic E-state index is -3.30. The topological polar surface area (TPSA) is 111 Å². The van der Waals surface area contributed by atoms with E-state index in [1.807, 2.05) is 49.6 Å². The molecule has 0 radical (unpaired) electrons. The second-order valence-electron chi connectivity index (χ2n) is 8.89. The van der Waals surface area contributed by atoms with E-state index < -0.39 is 10.0 Å². The number of rotatable bonds is 9. The van der Waals surface area contributed by atoms with Gasteiger partial charge in [-0.15, -0.1) is 6.42 Å². The van der Waals surface area contributed by atoms with E-state index in [1.54, 1.807) is 24.0 Å². The summed E-state index contributed by atoms with van der Waals surface area (Å²) < 4.78 is 35.1. The van der Waals surface area contributed by atoms with Crippen LogP contribution in [-0.2, 0) is 17.1 Å². The van der Waals surface area contributed by atoms with Crippen molar-refractivity contribution in [3.63, 3.8) is 0 Å². The lowest BCUT2D eigenvalue weighted by atomic mass is 10.1. The molecule has 184 valence electrons. The zero-order valence-corrected chi connectivity index (χ0v) is 20.8. The summed E-state index contributed by atoms with van der Waals surface area (Å²) in [7, 11) is -1.47. The Balaban J connectivity index is 1.43. The number of hydrogen-bond acceptors (Lipinski definition) is 7. The van der Waals surface area contributed by atoms with Gasteiger partial charge in [-0.05, 0) is 50.1 Å². The fourth-order valence-corrected chi connectivity index (χ4v) is 5.49. The SMILES string of the molecule is C#Cc1ccc2nc(Nc3cccc(OC[C@@H](C)NS(=O)(=O)C4CC4)c3-c3cnn(C)c3)ncc2c1. The van der Waals surface area contributed by atoms with Crippen LogP contribution in [0.15, 0.2) is 55.0 Å². The number of anilines is 2. The summed E-state index contributed by atoms with van der Waals surface area (Å²) in [6, 6.07) is 10.8. The number of sulfonamides is 1. The second kappa shape index (κ2) is 9.60. The molecule has 2 aromatic heterocycles. The van der Waals surface area contributed by atoms with E-state index in [9.17, 15) is 8.42 Å². The van der Waals surface area contributed by atoms with E-state index in [4.69, 9.17) is 11.2 Å². The average Bonchev–Trinajstić information content (AvgIpc) is 3.64. The van der Waals surface area contributed by atoms with Gasteiger partial charge in [-0.2, -0.15) is 5.10 Å². The van der Waals surface area contributed by atoms with Gasteiger partial charge >= 0.3 is 0 Å². The van der Waals surface area contributed by atoms with Crippen molar-refractivity contribution < 1.29 is 13.2 Å². The highest BCUT2D eigenvalue weighted by Gasteiger charge is 2.36. The van der Waals surface area contributed by atoms with E-state index in [-0.39, 0.29) is 17.9 Å². The summed E-state index contributed by atoms with van der Waals surface area (Å²) in [5.74, 6) is 3.63. The molecule has 1 fully saturated rings. The predicted molar refractivity (Wildman–Crippen MR) is 139 cm³/mol. The minimum Gasteiger partial charge on any atom is -0.491 e. The summed E-state index contributed by atoms with van der Waals surface area (Å²) in [4.78, 5) is 9.08. The van der Waals surface area contributed by atoms with Crippen LogP contribution in [0.2, 0.25) is 0 Å². The number of nitrogens with zero attached hydrogens (tertiary/aromatic N) is 4. The number of benzene rings is 2. The fraction of sp³-hybridized carbons (Fsp3) is 0.269. The largest absolute Gasteiger partial charge is 0.491 e. The molecule has 0 spiro atoms. The number of hydrogen-bond donors (Lipinski definition) is 2. The normalized spacial score (nSPS) is 14.4. The zero-order valence-electron chi connectivity index (χ0n) is 20.0. The standard InChI is InChI=1S/C26H26N6O3S/c1-4-18-8-11-22-19(12-18)13-27-26(29-22)30-23-6-5-7-24(25(23)20-14-28-32(3)15-20)35-16-17(2)31-36(33,34)21-9-10-21/h1,5-8,11-15,17,21,31H,9-10,16H2,2-3H3,(H,27,29,30)/t17-/m1/s1. The van der Waals surface area contributed by atoms with Crippen molar-refractivity contribution in [1.29, 1.82) is 0 Å². The lowest BCUT2D eigenvalue weighted by Crippen LogP contribution is -2.38. The zero-order chi connectivity index (χ0) is 25.3. The molecule has 5 rings (SSSR count). The van der Waals surface area contributed by atoms with Gasteiger partial charge in [0.15, 0.2) is 0 Å².